The average Bonchev–Trinajstić information content (AvgIpc) is 3.29. The monoisotopic (exact) mass is 347 g/mol. The van der Waals surface area contributed by atoms with Crippen molar-refractivity contribution >= 4 is 28.1 Å². The predicted molar refractivity (Wildman–Crippen MR) is 91.2 cm³/mol. The lowest BCUT2D eigenvalue weighted by atomic mass is 10.2. The van der Waals surface area contributed by atoms with Gasteiger partial charge in [-0.25, -0.2) is 0 Å². The van der Waals surface area contributed by atoms with Gasteiger partial charge in [0, 0.05) is 5.75 Å². The van der Waals surface area contributed by atoms with Crippen molar-refractivity contribution in [3.05, 3.63) is 35.7 Å². The highest BCUT2D eigenvalue weighted by molar-refractivity contribution is 8.00. The normalized spacial score (nSPS) is 17.9. The molecule has 0 aliphatic carbocycles. The summed E-state index contributed by atoms with van der Waals surface area (Å²) in [5.41, 5.74) is 1.22. The molecule has 8 heteroatoms. The maximum absolute atomic E-state index is 5.26. The molecule has 120 valence electrons. The highest BCUT2D eigenvalue weighted by atomic mass is 32.2. The zero-order valence-corrected chi connectivity index (χ0v) is 14.4. The Bertz CT molecular complexity index is 809. The first kappa shape index (κ1) is 14.9. The zero-order valence-electron chi connectivity index (χ0n) is 12.7. The third-order valence-electron chi connectivity index (χ3n) is 3.86. The van der Waals surface area contributed by atoms with Crippen LogP contribution < -0.4 is 10.1 Å². The second-order valence-electron chi connectivity index (χ2n) is 5.41. The summed E-state index contributed by atoms with van der Waals surface area (Å²) in [7, 11) is 1.69. The van der Waals surface area contributed by atoms with Gasteiger partial charge < -0.3 is 10.1 Å². The summed E-state index contributed by atoms with van der Waals surface area (Å²) < 4.78 is 8.17. The van der Waals surface area contributed by atoms with Gasteiger partial charge in [-0.1, -0.05) is 35.2 Å². The minimum absolute atomic E-state index is 0.281. The lowest BCUT2D eigenvalue weighted by Gasteiger charge is -2.05. The zero-order chi connectivity index (χ0) is 15.6. The van der Waals surface area contributed by atoms with Crippen molar-refractivity contribution in [3.63, 3.8) is 0 Å². The standard InChI is InChI=1S/C15H17N5OS2/c1-21-11-5-2-4-10(8-11)9-22-15-19-20-13(12-6-3-7-16-12)17-18-14(20)23-15/h2,4-5,8,12,16H,3,6-7,9H2,1H3/t12-/m1/s1. The molecule has 3 aromatic rings. The Kier molecular flexibility index (Phi) is 4.19. The highest BCUT2D eigenvalue weighted by Gasteiger charge is 2.23. The summed E-state index contributed by atoms with van der Waals surface area (Å²) in [5.74, 6) is 2.68. The van der Waals surface area contributed by atoms with Crippen LogP contribution in [-0.4, -0.2) is 33.5 Å². The van der Waals surface area contributed by atoms with Crippen LogP contribution in [0.5, 0.6) is 5.75 Å². The summed E-state index contributed by atoms with van der Waals surface area (Å²) in [5, 5.41) is 16.7. The molecule has 2 aromatic heterocycles. The number of methoxy groups -OCH3 is 1. The van der Waals surface area contributed by atoms with E-state index in [0.717, 1.165) is 39.6 Å². The molecule has 1 aliphatic rings. The molecule has 23 heavy (non-hydrogen) atoms. The lowest BCUT2D eigenvalue weighted by molar-refractivity contribution is 0.414. The van der Waals surface area contributed by atoms with Crippen LogP contribution >= 0.6 is 23.1 Å². The van der Waals surface area contributed by atoms with E-state index in [9.17, 15) is 0 Å². The molecule has 1 atom stereocenters. The van der Waals surface area contributed by atoms with Crippen LogP contribution in [0.25, 0.3) is 4.96 Å². The van der Waals surface area contributed by atoms with Crippen LogP contribution in [0.1, 0.15) is 30.3 Å². The van der Waals surface area contributed by atoms with Crippen molar-refractivity contribution < 1.29 is 4.74 Å². The van der Waals surface area contributed by atoms with Crippen molar-refractivity contribution in [3.8, 4) is 5.75 Å². The molecular formula is C15H17N5OS2. The van der Waals surface area contributed by atoms with E-state index in [0.29, 0.717) is 0 Å². The summed E-state index contributed by atoms with van der Waals surface area (Å²) in [4.78, 5) is 0.863. The van der Waals surface area contributed by atoms with Gasteiger partial charge in [-0.15, -0.1) is 15.3 Å². The molecule has 0 spiro atoms. The fourth-order valence-electron chi connectivity index (χ4n) is 2.70. The predicted octanol–water partition coefficient (Wildman–Crippen LogP) is 2.91. The first-order valence-electron chi connectivity index (χ1n) is 7.55. The Labute approximate surface area is 142 Å². The summed E-state index contributed by atoms with van der Waals surface area (Å²) >= 11 is 3.31. The smallest absolute Gasteiger partial charge is 0.235 e. The van der Waals surface area contributed by atoms with E-state index in [2.05, 4.69) is 32.7 Å². The van der Waals surface area contributed by atoms with Gasteiger partial charge >= 0.3 is 0 Å². The third kappa shape index (κ3) is 3.06. The van der Waals surface area contributed by atoms with E-state index in [-0.39, 0.29) is 6.04 Å². The number of fused-ring (bicyclic) bond motifs is 1. The van der Waals surface area contributed by atoms with Gasteiger partial charge in [-0.05, 0) is 37.1 Å². The number of nitrogens with zero attached hydrogens (tertiary/aromatic N) is 4. The summed E-state index contributed by atoms with van der Waals surface area (Å²) in [6.45, 7) is 1.04. The lowest BCUT2D eigenvalue weighted by Crippen LogP contribution is -2.16. The second kappa shape index (κ2) is 6.46. The van der Waals surface area contributed by atoms with Crippen molar-refractivity contribution in [2.75, 3.05) is 13.7 Å². The average molecular weight is 347 g/mol. The molecule has 1 aromatic carbocycles. The van der Waals surface area contributed by atoms with E-state index < -0.39 is 0 Å². The van der Waals surface area contributed by atoms with Crippen molar-refractivity contribution in [1.82, 2.24) is 25.1 Å². The summed E-state index contributed by atoms with van der Waals surface area (Å²) in [6.07, 6.45) is 2.28. The largest absolute Gasteiger partial charge is 0.497 e. The van der Waals surface area contributed by atoms with Crippen LogP contribution in [0.15, 0.2) is 28.6 Å². The SMILES string of the molecule is COc1cccc(CSc2nn3c([C@H]4CCCN4)nnc3s2)c1. The molecular weight excluding hydrogens is 330 g/mol. The Balaban J connectivity index is 1.50. The van der Waals surface area contributed by atoms with Crippen LogP contribution in [0.2, 0.25) is 0 Å². The summed E-state index contributed by atoms with van der Waals surface area (Å²) in [6, 6.07) is 8.41. The van der Waals surface area contributed by atoms with Crippen LogP contribution in [0, 0.1) is 0 Å². The van der Waals surface area contributed by atoms with Crippen molar-refractivity contribution in [2.24, 2.45) is 0 Å². The van der Waals surface area contributed by atoms with E-state index in [1.807, 2.05) is 16.6 Å². The van der Waals surface area contributed by atoms with Gasteiger partial charge in [-0.3, -0.25) is 0 Å². The molecule has 0 bridgehead atoms. The Hall–Kier alpha value is -1.64. The molecule has 1 aliphatic heterocycles. The molecule has 4 rings (SSSR count). The van der Waals surface area contributed by atoms with Crippen LogP contribution in [0.3, 0.4) is 0 Å². The first-order chi connectivity index (χ1) is 11.3. The van der Waals surface area contributed by atoms with Gasteiger partial charge in [0.05, 0.1) is 13.2 Å². The molecule has 6 nitrogen and oxygen atoms in total. The number of thioether (sulfide) groups is 1. The first-order valence-corrected chi connectivity index (χ1v) is 9.35. The molecule has 0 saturated carbocycles. The molecule has 0 amide bonds. The number of hydrogen-bond donors (Lipinski definition) is 1. The van der Waals surface area contributed by atoms with Gasteiger partial charge in [0.25, 0.3) is 0 Å². The highest BCUT2D eigenvalue weighted by Crippen LogP contribution is 2.30. The fourth-order valence-corrected chi connectivity index (χ4v) is 4.53. The fraction of sp³-hybridized carbons (Fsp3) is 0.400. The quantitative estimate of drug-likeness (QED) is 0.716. The number of nitrogens with one attached hydrogen (secondary N) is 1. The van der Waals surface area contributed by atoms with Gasteiger partial charge in [0.1, 0.15) is 5.75 Å². The van der Waals surface area contributed by atoms with Gasteiger partial charge in [-0.2, -0.15) is 4.52 Å². The molecule has 1 saturated heterocycles. The van der Waals surface area contributed by atoms with E-state index in [4.69, 9.17) is 4.74 Å². The van der Waals surface area contributed by atoms with Crippen molar-refractivity contribution in [2.45, 2.75) is 29.0 Å². The van der Waals surface area contributed by atoms with Crippen LogP contribution in [-0.2, 0) is 5.75 Å². The second-order valence-corrected chi connectivity index (χ2v) is 7.59. The van der Waals surface area contributed by atoms with Gasteiger partial charge in [0.15, 0.2) is 10.2 Å². The number of aromatic nitrogens is 4. The molecule has 1 fully saturated rings. The minimum atomic E-state index is 0.281. The minimum Gasteiger partial charge on any atom is -0.497 e. The maximum Gasteiger partial charge on any atom is 0.235 e. The third-order valence-corrected chi connectivity index (χ3v) is 5.97. The molecule has 3 heterocycles. The van der Waals surface area contributed by atoms with E-state index in [1.165, 1.54) is 12.0 Å². The molecule has 0 unspecified atom stereocenters. The van der Waals surface area contributed by atoms with Crippen LogP contribution in [0.4, 0.5) is 0 Å². The van der Waals surface area contributed by atoms with E-state index >= 15 is 0 Å². The number of rotatable bonds is 5. The number of ether oxygens (including phenoxy) is 1. The topological polar surface area (TPSA) is 64.3 Å². The number of hydrogen-bond acceptors (Lipinski definition) is 7. The molecule has 0 radical (unpaired) electrons. The van der Waals surface area contributed by atoms with E-state index in [1.54, 1.807) is 30.2 Å². The Morgan fingerprint density at radius 2 is 2.39 bits per heavy atom. The Morgan fingerprint density at radius 1 is 1.43 bits per heavy atom. The Morgan fingerprint density at radius 3 is 3.22 bits per heavy atom. The van der Waals surface area contributed by atoms with Gasteiger partial charge in [0.2, 0.25) is 4.96 Å². The number of benzene rings is 1. The molecule has 1 N–H and O–H groups in total. The van der Waals surface area contributed by atoms with Crippen molar-refractivity contribution in [1.29, 1.82) is 0 Å². The maximum atomic E-state index is 5.26.